The average Bonchev–Trinajstić information content (AvgIpc) is 3.49. The highest BCUT2D eigenvalue weighted by atomic mass is 35.5. The first-order valence-corrected chi connectivity index (χ1v) is 11.8. The Morgan fingerprint density at radius 3 is 2.42 bits per heavy atom. The average molecular weight is 466 g/mol. The molecule has 2 saturated carbocycles. The fourth-order valence-corrected chi connectivity index (χ4v) is 5.24. The molecule has 2 aliphatic carbocycles. The first-order valence-electron chi connectivity index (χ1n) is 11.1. The van der Waals surface area contributed by atoms with Gasteiger partial charge in [-0.15, -0.1) is 0 Å². The summed E-state index contributed by atoms with van der Waals surface area (Å²) in [4.78, 5) is 11.7. The predicted molar refractivity (Wildman–Crippen MR) is 121 cm³/mol. The van der Waals surface area contributed by atoms with Gasteiger partial charge in [-0.25, -0.2) is 0 Å². The number of carboxylic acids is 1. The highest BCUT2D eigenvalue weighted by Gasteiger charge is 2.45. The monoisotopic (exact) mass is 465 g/mol. The van der Waals surface area contributed by atoms with Gasteiger partial charge in [0.05, 0.1) is 27.7 Å². The minimum absolute atomic E-state index is 0.330. The summed E-state index contributed by atoms with van der Waals surface area (Å²) in [5, 5.41) is 15.0. The molecule has 0 saturated heterocycles. The van der Waals surface area contributed by atoms with Gasteiger partial charge in [0.1, 0.15) is 11.5 Å². The van der Waals surface area contributed by atoms with Gasteiger partial charge >= 0.3 is 5.97 Å². The van der Waals surface area contributed by atoms with Gasteiger partial charge in [-0.1, -0.05) is 47.8 Å². The molecule has 1 heterocycles. The van der Waals surface area contributed by atoms with Crippen LogP contribution in [0.1, 0.15) is 82.5 Å². The molecule has 7 heteroatoms. The van der Waals surface area contributed by atoms with Crippen LogP contribution in [0.4, 0.5) is 0 Å². The number of hydrogen-bond donors (Lipinski definition) is 1. The Kier molecular flexibility index (Phi) is 6.39. The standard InChI is InChI=1S/C24H29Cl2NO4/c1-3-9-24(12-10-23(2,11-13-24)22(28)29)30-14-16-20(27-31-21(16)15-7-8-15)19-17(25)5-4-6-18(19)26/h4-6,15H,3,7-14H2,1-2H3,(H,28,29). The normalized spacial score (nSPS) is 26.2. The lowest BCUT2D eigenvalue weighted by molar-refractivity contribution is -0.157. The number of carboxylic acid groups (broad SMARTS) is 1. The third kappa shape index (κ3) is 4.50. The molecule has 5 nitrogen and oxygen atoms in total. The second kappa shape index (κ2) is 8.76. The molecule has 4 rings (SSSR count). The molecule has 31 heavy (non-hydrogen) atoms. The molecule has 168 valence electrons. The zero-order valence-electron chi connectivity index (χ0n) is 18.0. The molecule has 1 N–H and O–H groups in total. The summed E-state index contributed by atoms with van der Waals surface area (Å²) in [7, 11) is 0. The van der Waals surface area contributed by atoms with E-state index in [2.05, 4.69) is 12.1 Å². The lowest BCUT2D eigenvalue weighted by Crippen LogP contribution is -2.43. The van der Waals surface area contributed by atoms with E-state index >= 15 is 0 Å². The highest BCUT2D eigenvalue weighted by Crippen LogP contribution is 2.48. The zero-order chi connectivity index (χ0) is 22.2. The van der Waals surface area contributed by atoms with Crippen molar-refractivity contribution in [3.05, 3.63) is 39.6 Å². The maximum atomic E-state index is 11.7. The van der Waals surface area contributed by atoms with Crippen LogP contribution in [-0.4, -0.2) is 21.8 Å². The van der Waals surface area contributed by atoms with Gasteiger partial charge in [-0.2, -0.15) is 0 Å². The van der Waals surface area contributed by atoms with Crippen LogP contribution in [0.25, 0.3) is 11.3 Å². The number of benzene rings is 1. The van der Waals surface area contributed by atoms with Crippen molar-refractivity contribution >= 4 is 29.2 Å². The Bertz CT molecular complexity index is 938. The van der Waals surface area contributed by atoms with Crippen molar-refractivity contribution in [2.75, 3.05) is 0 Å². The van der Waals surface area contributed by atoms with Gasteiger partial charge in [0.15, 0.2) is 0 Å². The molecule has 1 aromatic carbocycles. The van der Waals surface area contributed by atoms with E-state index in [0.717, 1.165) is 49.8 Å². The Morgan fingerprint density at radius 2 is 1.87 bits per heavy atom. The molecule has 2 aliphatic rings. The van der Waals surface area contributed by atoms with Crippen LogP contribution < -0.4 is 0 Å². The van der Waals surface area contributed by atoms with E-state index in [1.165, 1.54) is 0 Å². The Hall–Kier alpha value is -1.56. The number of aromatic nitrogens is 1. The van der Waals surface area contributed by atoms with Gasteiger partial charge in [0.2, 0.25) is 0 Å². The molecule has 0 amide bonds. The summed E-state index contributed by atoms with van der Waals surface area (Å²) < 4.78 is 12.4. The Labute approximate surface area is 193 Å². The molecule has 0 radical (unpaired) electrons. The number of carbonyl (C=O) groups is 1. The van der Waals surface area contributed by atoms with E-state index in [4.69, 9.17) is 32.5 Å². The van der Waals surface area contributed by atoms with Crippen LogP contribution in [0.2, 0.25) is 10.0 Å². The number of rotatable bonds is 8. The van der Waals surface area contributed by atoms with Crippen LogP contribution in [-0.2, 0) is 16.1 Å². The summed E-state index contributed by atoms with van der Waals surface area (Å²) in [5.41, 5.74) is 1.23. The largest absolute Gasteiger partial charge is 0.481 e. The zero-order valence-corrected chi connectivity index (χ0v) is 19.6. The smallest absolute Gasteiger partial charge is 0.309 e. The minimum atomic E-state index is -0.719. The van der Waals surface area contributed by atoms with E-state index in [-0.39, 0.29) is 5.60 Å². The summed E-state index contributed by atoms with van der Waals surface area (Å²) in [6.45, 7) is 4.34. The Balaban J connectivity index is 1.61. The van der Waals surface area contributed by atoms with Gasteiger partial charge in [-0.3, -0.25) is 4.79 Å². The van der Waals surface area contributed by atoms with Crippen molar-refractivity contribution in [2.24, 2.45) is 5.41 Å². The van der Waals surface area contributed by atoms with Crippen LogP contribution in [0.3, 0.4) is 0 Å². The predicted octanol–water partition coefficient (Wildman–Crippen LogP) is 7.25. The van der Waals surface area contributed by atoms with Gasteiger partial charge in [0, 0.05) is 17.0 Å². The summed E-state index contributed by atoms with van der Waals surface area (Å²) >= 11 is 12.9. The maximum absolute atomic E-state index is 11.7. The van der Waals surface area contributed by atoms with E-state index in [9.17, 15) is 9.90 Å². The molecular weight excluding hydrogens is 437 g/mol. The molecule has 2 fully saturated rings. The lowest BCUT2D eigenvalue weighted by Gasteiger charge is -2.43. The van der Waals surface area contributed by atoms with Crippen molar-refractivity contribution in [3.8, 4) is 11.3 Å². The molecule has 0 spiro atoms. The van der Waals surface area contributed by atoms with Crippen molar-refractivity contribution in [1.29, 1.82) is 0 Å². The van der Waals surface area contributed by atoms with E-state index in [1.807, 2.05) is 13.0 Å². The molecule has 0 atom stereocenters. The van der Waals surface area contributed by atoms with Crippen LogP contribution >= 0.6 is 23.2 Å². The first-order chi connectivity index (χ1) is 14.8. The van der Waals surface area contributed by atoms with Gasteiger partial charge in [-0.05, 0) is 64.0 Å². The molecular formula is C24H29Cl2NO4. The first kappa shape index (κ1) is 22.6. The van der Waals surface area contributed by atoms with E-state index in [1.54, 1.807) is 12.1 Å². The molecule has 0 unspecified atom stereocenters. The summed E-state index contributed by atoms with van der Waals surface area (Å²) in [6, 6.07) is 5.40. The highest BCUT2D eigenvalue weighted by molar-refractivity contribution is 6.39. The van der Waals surface area contributed by atoms with E-state index in [0.29, 0.717) is 46.7 Å². The van der Waals surface area contributed by atoms with Crippen LogP contribution in [0.5, 0.6) is 0 Å². The van der Waals surface area contributed by atoms with Crippen molar-refractivity contribution in [2.45, 2.75) is 83.3 Å². The number of hydrogen-bond acceptors (Lipinski definition) is 4. The number of nitrogens with zero attached hydrogens (tertiary/aromatic N) is 1. The topological polar surface area (TPSA) is 72.6 Å². The van der Waals surface area contributed by atoms with Crippen molar-refractivity contribution in [1.82, 2.24) is 5.16 Å². The number of halogens is 2. The molecule has 0 bridgehead atoms. The Morgan fingerprint density at radius 1 is 1.23 bits per heavy atom. The van der Waals surface area contributed by atoms with Crippen LogP contribution in [0.15, 0.2) is 22.7 Å². The maximum Gasteiger partial charge on any atom is 0.309 e. The molecule has 1 aromatic heterocycles. The van der Waals surface area contributed by atoms with Gasteiger partial charge < -0.3 is 14.4 Å². The second-order valence-electron chi connectivity index (χ2n) is 9.33. The van der Waals surface area contributed by atoms with Crippen molar-refractivity contribution in [3.63, 3.8) is 0 Å². The third-order valence-corrected chi connectivity index (χ3v) is 7.61. The van der Waals surface area contributed by atoms with E-state index < -0.39 is 11.4 Å². The summed E-state index contributed by atoms with van der Waals surface area (Å²) in [6.07, 6.45) is 6.73. The number of aliphatic carboxylic acids is 1. The fraction of sp³-hybridized carbons (Fsp3) is 0.583. The lowest BCUT2D eigenvalue weighted by atomic mass is 9.68. The SMILES string of the molecule is CCCC1(OCc2c(-c3c(Cl)cccc3Cl)noc2C2CC2)CCC(C)(C(=O)O)CC1. The summed E-state index contributed by atoms with van der Waals surface area (Å²) in [5.74, 6) is 0.511. The second-order valence-corrected chi connectivity index (χ2v) is 10.1. The van der Waals surface area contributed by atoms with Crippen molar-refractivity contribution < 1.29 is 19.2 Å². The molecule has 2 aromatic rings. The minimum Gasteiger partial charge on any atom is -0.481 e. The number of ether oxygens (including phenoxy) is 1. The molecule has 0 aliphatic heterocycles. The fourth-order valence-electron chi connectivity index (χ4n) is 4.67. The third-order valence-electron chi connectivity index (χ3n) is 6.98. The quantitative estimate of drug-likeness (QED) is 0.444. The van der Waals surface area contributed by atoms with Gasteiger partial charge in [0.25, 0.3) is 0 Å². The van der Waals surface area contributed by atoms with Crippen LogP contribution in [0, 0.1) is 5.41 Å².